The lowest BCUT2D eigenvalue weighted by Crippen LogP contribution is -2.22. The maximum absolute atomic E-state index is 12.5. The molecule has 4 heterocycles. The predicted octanol–water partition coefficient (Wildman–Crippen LogP) is 0.652. The van der Waals surface area contributed by atoms with Gasteiger partial charge >= 0.3 is 0 Å². The predicted molar refractivity (Wildman–Crippen MR) is 83.8 cm³/mol. The minimum Gasteiger partial charge on any atom is -0.346 e. The third-order valence-corrected chi connectivity index (χ3v) is 4.44. The molecule has 0 saturated carbocycles. The number of thioether (sulfide) groups is 1. The summed E-state index contributed by atoms with van der Waals surface area (Å²) in [5.41, 5.74) is 0.313. The molecule has 1 aliphatic rings. The standard InChI is InChI=1S/C13H13N7OS/c21-13-10(18-2-1-14-8-18)6-17-20(13)12-5-11(15-7-16-12)19-3-4-22-9-19/h1-2,5-8,17H,3-4,9H2. The number of aromatic amines is 1. The van der Waals surface area contributed by atoms with Crippen LogP contribution in [0.4, 0.5) is 5.82 Å². The van der Waals surface area contributed by atoms with Crippen molar-refractivity contribution in [3.8, 4) is 11.5 Å². The van der Waals surface area contributed by atoms with Gasteiger partial charge in [0, 0.05) is 37.0 Å². The molecular weight excluding hydrogens is 302 g/mol. The largest absolute Gasteiger partial charge is 0.346 e. The smallest absolute Gasteiger partial charge is 0.296 e. The summed E-state index contributed by atoms with van der Waals surface area (Å²) in [5.74, 6) is 3.36. The van der Waals surface area contributed by atoms with Crippen molar-refractivity contribution in [2.45, 2.75) is 0 Å². The van der Waals surface area contributed by atoms with Gasteiger partial charge in [0.05, 0.1) is 12.2 Å². The van der Waals surface area contributed by atoms with Crippen LogP contribution in [-0.2, 0) is 0 Å². The molecule has 0 atom stereocenters. The highest BCUT2D eigenvalue weighted by Gasteiger charge is 2.16. The van der Waals surface area contributed by atoms with Gasteiger partial charge in [0.15, 0.2) is 5.82 Å². The Morgan fingerprint density at radius 2 is 2.18 bits per heavy atom. The van der Waals surface area contributed by atoms with Gasteiger partial charge in [0.25, 0.3) is 5.56 Å². The highest BCUT2D eigenvalue weighted by atomic mass is 32.2. The topological polar surface area (TPSA) is 84.6 Å². The molecule has 0 bridgehead atoms. The Balaban J connectivity index is 1.73. The van der Waals surface area contributed by atoms with Crippen LogP contribution in [0.1, 0.15) is 0 Å². The molecule has 0 aliphatic carbocycles. The van der Waals surface area contributed by atoms with Crippen molar-refractivity contribution < 1.29 is 0 Å². The van der Waals surface area contributed by atoms with Crippen LogP contribution in [0.3, 0.4) is 0 Å². The summed E-state index contributed by atoms with van der Waals surface area (Å²) < 4.78 is 3.07. The first-order valence-electron chi connectivity index (χ1n) is 6.77. The van der Waals surface area contributed by atoms with Crippen LogP contribution < -0.4 is 10.5 Å². The van der Waals surface area contributed by atoms with E-state index in [0.29, 0.717) is 11.5 Å². The van der Waals surface area contributed by atoms with Gasteiger partial charge < -0.3 is 4.90 Å². The first-order valence-corrected chi connectivity index (χ1v) is 7.92. The fourth-order valence-electron chi connectivity index (χ4n) is 2.34. The molecule has 0 aromatic carbocycles. The quantitative estimate of drug-likeness (QED) is 0.764. The Labute approximate surface area is 129 Å². The summed E-state index contributed by atoms with van der Waals surface area (Å²) in [7, 11) is 0. The molecular formula is C13H13N7OS. The molecule has 1 saturated heterocycles. The normalized spacial score (nSPS) is 14.6. The van der Waals surface area contributed by atoms with E-state index in [1.807, 2.05) is 17.8 Å². The second-order valence-corrected chi connectivity index (χ2v) is 5.88. The van der Waals surface area contributed by atoms with Crippen LogP contribution in [0.5, 0.6) is 0 Å². The molecule has 112 valence electrons. The van der Waals surface area contributed by atoms with Gasteiger partial charge in [0.2, 0.25) is 0 Å². The fraction of sp³-hybridized carbons (Fsp3) is 0.231. The number of hydrogen-bond donors (Lipinski definition) is 1. The lowest BCUT2D eigenvalue weighted by molar-refractivity contribution is 0.805. The average molecular weight is 315 g/mol. The summed E-state index contributed by atoms with van der Waals surface area (Å²) >= 11 is 1.86. The molecule has 1 aliphatic heterocycles. The molecule has 0 amide bonds. The molecule has 0 radical (unpaired) electrons. The number of rotatable bonds is 3. The Hall–Kier alpha value is -2.55. The van der Waals surface area contributed by atoms with Gasteiger partial charge in [-0.05, 0) is 0 Å². The SMILES string of the molecule is O=c1c(-n2ccnc2)c[nH]n1-c1cc(N2CCSC2)ncn1. The molecule has 8 nitrogen and oxygen atoms in total. The zero-order valence-electron chi connectivity index (χ0n) is 11.6. The summed E-state index contributed by atoms with van der Waals surface area (Å²) in [4.78, 5) is 27.1. The Bertz CT molecular complexity index is 832. The molecule has 22 heavy (non-hydrogen) atoms. The summed E-state index contributed by atoms with van der Waals surface area (Å²) in [6.45, 7) is 0.959. The number of aromatic nitrogens is 6. The third-order valence-electron chi connectivity index (χ3n) is 3.48. The summed E-state index contributed by atoms with van der Waals surface area (Å²) in [6, 6.07) is 1.82. The monoisotopic (exact) mass is 315 g/mol. The number of anilines is 1. The number of nitrogens with zero attached hydrogens (tertiary/aromatic N) is 6. The van der Waals surface area contributed by atoms with Gasteiger partial charge in [-0.25, -0.2) is 15.0 Å². The van der Waals surface area contributed by atoms with E-state index in [0.717, 1.165) is 24.0 Å². The van der Waals surface area contributed by atoms with Gasteiger partial charge in [-0.3, -0.25) is 14.5 Å². The minimum absolute atomic E-state index is 0.182. The van der Waals surface area contributed by atoms with Crippen LogP contribution in [0.25, 0.3) is 11.5 Å². The second-order valence-electron chi connectivity index (χ2n) is 4.80. The van der Waals surface area contributed by atoms with Gasteiger partial charge in [-0.1, -0.05) is 0 Å². The lowest BCUT2D eigenvalue weighted by Gasteiger charge is -2.15. The van der Waals surface area contributed by atoms with E-state index >= 15 is 0 Å². The van der Waals surface area contributed by atoms with E-state index < -0.39 is 0 Å². The van der Waals surface area contributed by atoms with E-state index in [4.69, 9.17) is 0 Å². The van der Waals surface area contributed by atoms with Gasteiger partial charge in [0.1, 0.15) is 17.8 Å². The highest BCUT2D eigenvalue weighted by Crippen LogP contribution is 2.21. The minimum atomic E-state index is -0.182. The van der Waals surface area contributed by atoms with Crippen LogP contribution in [0, 0.1) is 0 Å². The maximum atomic E-state index is 12.5. The van der Waals surface area contributed by atoms with Crippen molar-refractivity contribution in [1.29, 1.82) is 0 Å². The Morgan fingerprint density at radius 3 is 2.95 bits per heavy atom. The van der Waals surface area contributed by atoms with E-state index in [9.17, 15) is 4.79 Å². The first kappa shape index (κ1) is 13.1. The third kappa shape index (κ3) is 2.19. The zero-order valence-corrected chi connectivity index (χ0v) is 12.4. The molecule has 0 spiro atoms. The van der Waals surface area contributed by atoms with Crippen molar-refractivity contribution in [1.82, 2.24) is 29.3 Å². The van der Waals surface area contributed by atoms with Crippen molar-refractivity contribution >= 4 is 17.6 Å². The molecule has 0 unspecified atom stereocenters. The van der Waals surface area contributed by atoms with E-state index in [1.54, 1.807) is 29.5 Å². The summed E-state index contributed by atoms with van der Waals surface area (Å²) in [5, 5.41) is 2.94. The average Bonchev–Trinajstić information content (AvgIpc) is 3.29. The fourth-order valence-corrected chi connectivity index (χ4v) is 3.30. The zero-order chi connectivity index (χ0) is 14.9. The number of nitrogens with one attached hydrogen (secondary N) is 1. The van der Waals surface area contributed by atoms with Crippen LogP contribution in [0.2, 0.25) is 0 Å². The molecule has 1 N–H and O–H groups in total. The van der Waals surface area contributed by atoms with Crippen LogP contribution in [-0.4, -0.2) is 47.5 Å². The molecule has 4 rings (SSSR count). The van der Waals surface area contributed by atoms with Crippen LogP contribution >= 0.6 is 11.8 Å². The molecule has 9 heteroatoms. The van der Waals surface area contributed by atoms with Gasteiger partial charge in [-0.15, -0.1) is 11.8 Å². The van der Waals surface area contributed by atoms with Gasteiger partial charge in [-0.2, -0.15) is 4.68 Å². The summed E-state index contributed by atoms with van der Waals surface area (Å²) in [6.07, 6.45) is 8.06. The van der Waals surface area contributed by atoms with E-state index in [2.05, 4.69) is 25.0 Å². The first-order chi connectivity index (χ1) is 10.8. The second kappa shape index (κ2) is 5.34. The number of H-pyrrole nitrogens is 1. The van der Waals surface area contributed by atoms with Crippen LogP contribution in [0.15, 0.2) is 42.1 Å². The van der Waals surface area contributed by atoms with E-state index in [-0.39, 0.29) is 5.56 Å². The van der Waals surface area contributed by atoms with Crippen molar-refractivity contribution in [2.24, 2.45) is 0 Å². The highest BCUT2D eigenvalue weighted by molar-refractivity contribution is 7.99. The lowest BCUT2D eigenvalue weighted by atomic mass is 10.4. The molecule has 3 aromatic heterocycles. The Morgan fingerprint density at radius 1 is 1.27 bits per heavy atom. The Kier molecular flexibility index (Phi) is 3.19. The number of imidazole rings is 1. The number of hydrogen-bond acceptors (Lipinski definition) is 6. The maximum Gasteiger partial charge on any atom is 0.296 e. The molecule has 3 aromatic rings. The molecule has 1 fully saturated rings. The van der Waals surface area contributed by atoms with Crippen molar-refractivity contribution in [2.75, 3.05) is 23.1 Å². The van der Waals surface area contributed by atoms with Crippen molar-refractivity contribution in [3.05, 3.63) is 47.7 Å². The van der Waals surface area contributed by atoms with E-state index in [1.165, 1.54) is 11.0 Å². The van der Waals surface area contributed by atoms with Crippen molar-refractivity contribution in [3.63, 3.8) is 0 Å².